The van der Waals surface area contributed by atoms with Crippen LogP contribution in [0.5, 0.6) is 0 Å². The fraction of sp³-hybridized carbons (Fsp3) is 0.917. The topological polar surface area (TPSA) is 73.8 Å². The first-order valence-corrected chi connectivity index (χ1v) is 6.58. The van der Waals surface area contributed by atoms with Crippen LogP contribution >= 0.6 is 0 Å². The molecule has 106 valence electrons. The zero-order valence-corrected chi connectivity index (χ0v) is 11.2. The molecule has 0 saturated carbocycles. The number of methoxy groups -OCH3 is 1. The molecule has 0 aromatic carbocycles. The van der Waals surface area contributed by atoms with E-state index in [-0.39, 0.29) is 18.6 Å². The SMILES string of the molecule is COCCC(CO)NC(=O)CN1CCCNCC1. The van der Waals surface area contributed by atoms with Gasteiger partial charge < -0.3 is 20.5 Å². The Hall–Kier alpha value is -0.690. The van der Waals surface area contributed by atoms with Gasteiger partial charge in [0.15, 0.2) is 0 Å². The number of hydrogen-bond acceptors (Lipinski definition) is 5. The maximum Gasteiger partial charge on any atom is 0.234 e. The summed E-state index contributed by atoms with van der Waals surface area (Å²) in [5, 5.41) is 15.3. The summed E-state index contributed by atoms with van der Waals surface area (Å²) in [6.07, 6.45) is 1.71. The van der Waals surface area contributed by atoms with Crippen molar-refractivity contribution in [3.63, 3.8) is 0 Å². The average Bonchev–Trinajstić information content (AvgIpc) is 2.63. The van der Waals surface area contributed by atoms with Gasteiger partial charge in [0.05, 0.1) is 19.2 Å². The molecule has 0 radical (unpaired) electrons. The van der Waals surface area contributed by atoms with Crippen molar-refractivity contribution in [1.29, 1.82) is 0 Å². The van der Waals surface area contributed by atoms with Gasteiger partial charge in [-0.25, -0.2) is 0 Å². The van der Waals surface area contributed by atoms with E-state index in [1.54, 1.807) is 7.11 Å². The first-order chi connectivity index (χ1) is 8.76. The molecule has 0 spiro atoms. The van der Waals surface area contributed by atoms with E-state index in [0.29, 0.717) is 19.6 Å². The number of hydrogen-bond donors (Lipinski definition) is 3. The van der Waals surface area contributed by atoms with Crippen LogP contribution in [-0.2, 0) is 9.53 Å². The van der Waals surface area contributed by atoms with Crippen LogP contribution in [0, 0.1) is 0 Å². The van der Waals surface area contributed by atoms with Crippen LogP contribution in [0.25, 0.3) is 0 Å². The first kappa shape index (κ1) is 15.4. The highest BCUT2D eigenvalue weighted by atomic mass is 16.5. The highest BCUT2D eigenvalue weighted by Crippen LogP contribution is 1.96. The molecular weight excluding hydrogens is 234 g/mol. The predicted molar refractivity (Wildman–Crippen MR) is 69.4 cm³/mol. The maximum atomic E-state index is 11.8. The lowest BCUT2D eigenvalue weighted by Crippen LogP contribution is -2.44. The normalized spacial score (nSPS) is 19.2. The largest absolute Gasteiger partial charge is 0.394 e. The van der Waals surface area contributed by atoms with E-state index < -0.39 is 0 Å². The number of carbonyl (C=O) groups is 1. The number of ether oxygens (including phenoxy) is 1. The average molecular weight is 259 g/mol. The summed E-state index contributed by atoms with van der Waals surface area (Å²) in [6.45, 7) is 4.70. The van der Waals surface area contributed by atoms with Gasteiger partial charge in [0.25, 0.3) is 0 Å². The number of aliphatic hydroxyl groups excluding tert-OH is 1. The van der Waals surface area contributed by atoms with Crippen molar-refractivity contribution in [3.8, 4) is 0 Å². The van der Waals surface area contributed by atoms with Crippen molar-refractivity contribution in [1.82, 2.24) is 15.5 Å². The number of rotatable bonds is 7. The van der Waals surface area contributed by atoms with Crippen molar-refractivity contribution in [2.75, 3.05) is 53.0 Å². The quantitative estimate of drug-likeness (QED) is 0.535. The number of amides is 1. The summed E-state index contributed by atoms with van der Waals surface area (Å²) in [7, 11) is 1.61. The van der Waals surface area contributed by atoms with Gasteiger partial charge in [-0.2, -0.15) is 0 Å². The van der Waals surface area contributed by atoms with Crippen LogP contribution in [0.4, 0.5) is 0 Å². The Morgan fingerprint density at radius 3 is 3.06 bits per heavy atom. The third-order valence-electron chi connectivity index (χ3n) is 3.06. The summed E-state index contributed by atoms with van der Waals surface area (Å²) < 4.78 is 4.94. The molecule has 1 fully saturated rings. The van der Waals surface area contributed by atoms with Crippen LogP contribution in [0.1, 0.15) is 12.8 Å². The fourth-order valence-corrected chi connectivity index (χ4v) is 2.01. The molecule has 0 bridgehead atoms. The molecule has 1 unspecified atom stereocenters. The van der Waals surface area contributed by atoms with Crippen molar-refractivity contribution >= 4 is 5.91 Å². The second-order valence-corrected chi connectivity index (χ2v) is 4.61. The number of aliphatic hydroxyl groups is 1. The standard InChI is InChI=1S/C12H25N3O3/c1-18-8-3-11(10-16)14-12(17)9-15-6-2-4-13-5-7-15/h11,13,16H,2-10H2,1H3,(H,14,17). The van der Waals surface area contributed by atoms with E-state index in [0.717, 1.165) is 32.6 Å². The Bertz CT molecular complexity index is 231. The molecule has 0 aliphatic carbocycles. The fourth-order valence-electron chi connectivity index (χ4n) is 2.01. The zero-order chi connectivity index (χ0) is 13.2. The summed E-state index contributed by atoms with van der Waals surface area (Å²) in [5.74, 6) is -0.0212. The Labute approximate surface area is 109 Å². The van der Waals surface area contributed by atoms with E-state index in [9.17, 15) is 4.79 Å². The number of nitrogens with zero attached hydrogens (tertiary/aromatic N) is 1. The lowest BCUT2D eigenvalue weighted by Gasteiger charge is -2.21. The molecule has 3 N–H and O–H groups in total. The third-order valence-corrected chi connectivity index (χ3v) is 3.06. The Kier molecular flexibility index (Phi) is 7.91. The monoisotopic (exact) mass is 259 g/mol. The summed E-state index contributed by atoms with van der Waals surface area (Å²) in [6, 6.07) is -0.206. The van der Waals surface area contributed by atoms with Crippen LogP contribution in [0.2, 0.25) is 0 Å². The summed E-state index contributed by atoms with van der Waals surface area (Å²) in [4.78, 5) is 14.0. The minimum absolute atomic E-state index is 0.0212. The van der Waals surface area contributed by atoms with Crippen molar-refractivity contribution in [2.24, 2.45) is 0 Å². The minimum atomic E-state index is -0.206. The van der Waals surface area contributed by atoms with E-state index in [1.165, 1.54) is 0 Å². The van der Waals surface area contributed by atoms with Crippen molar-refractivity contribution < 1.29 is 14.6 Å². The first-order valence-electron chi connectivity index (χ1n) is 6.58. The number of nitrogens with one attached hydrogen (secondary N) is 2. The smallest absolute Gasteiger partial charge is 0.234 e. The molecule has 1 aliphatic heterocycles. The van der Waals surface area contributed by atoms with Crippen molar-refractivity contribution in [3.05, 3.63) is 0 Å². The Morgan fingerprint density at radius 2 is 2.33 bits per heavy atom. The zero-order valence-electron chi connectivity index (χ0n) is 11.2. The van der Waals surface area contributed by atoms with E-state index >= 15 is 0 Å². The van der Waals surface area contributed by atoms with Gasteiger partial charge >= 0.3 is 0 Å². The molecule has 6 nitrogen and oxygen atoms in total. The maximum absolute atomic E-state index is 11.8. The highest BCUT2D eigenvalue weighted by molar-refractivity contribution is 5.78. The predicted octanol–water partition coefficient (Wildman–Crippen LogP) is -1.20. The second-order valence-electron chi connectivity index (χ2n) is 4.61. The van der Waals surface area contributed by atoms with Gasteiger partial charge in [-0.05, 0) is 25.9 Å². The minimum Gasteiger partial charge on any atom is -0.394 e. The molecule has 6 heteroatoms. The van der Waals surface area contributed by atoms with Gasteiger partial charge in [-0.3, -0.25) is 9.69 Å². The van der Waals surface area contributed by atoms with Crippen molar-refractivity contribution in [2.45, 2.75) is 18.9 Å². The van der Waals surface area contributed by atoms with E-state index in [4.69, 9.17) is 9.84 Å². The summed E-state index contributed by atoms with van der Waals surface area (Å²) in [5.41, 5.74) is 0. The van der Waals surface area contributed by atoms with E-state index in [1.807, 2.05) is 0 Å². The van der Waals surface area contributed by atoms with E-state index in [2.05, 4.69) is 15.5 Å². The molecule has 0 aromatic rings. The second kappa shape index (κ2) is 9.27. The molecule has 1 atom stereocenters. The Balaban J connectivity index is 2.25. The van der Waals surface area contributed by atoms with Crippen LogP contribution in [0.15, 0.2) is 0 Å². The van der Waals surface area contributed by atoms with Gasteiger partial charge in [0.1, 0.15) is 0 Å². The van der Waals surface area contributed by atoms with Gasteiger partial charge in [-0.15, -0.1) is 0 Å². The molecule has 1 amide bonds. The van der Waals surface area contributed by atoms with Crippen LogP contribution in [0.3, 0.4) is 0 Å². The lowest BCUT2D eigenvalue weighted by atomic mass is 10.2. The highest BCUT2D eigenvalue weighted by Gasteiger charge is 2.15. The summed E-state index contributed by atoms with van der Waals surface area (Å²) >= 11 is 0. The molecular formula is C12H25N3O3. The molecule has 1 saturated heterocycles. The van der Waals surface area contributed by atoms with Crippen LogP contribution < -0.4 is 10.6 Å². The lowest BCUT2D eigenvalue weighted by molar-refractivity contribution is -0.123. The molecule has 1 rings (SSSR count). The van der Waals surface area contributed by atoms with Gasteiger partial charge in [-0.1, -0.05) is 0 Å². The molecule has 18 heavy (non-hydrogen) atoms. The van der Waals surface area contributed by atoms with Crippen LogP contribution in [-0.4, -0.2) is 75.0 Å². The molecule has 0 aromatic heterocycles. The van der Waals surface area contributed by atoms with Gasteiger partial charge in [0.2, 0.25) is 5.91 Å². The third kappa shape index (κ3) is 6.30. The molecule has 1 aliphatic rings. The number of carbonyl (C=O) groups excluding carboxylic acids is 1. The Morgan fingerprint density at radius 1 is 1.50 bits per heavy atom. The molecule has 1 heterocycles. The van der Waals surface area contributed by atoms with Gasteiger partial charge in [0, 0.05) is 26.8 Å².